The molecular weight excluding hydrogens is 224 g/mol. The quantitative estimate of drug-likeness (QED) is 0.730. The van der Waals surface area contributed by atoms with E-state index in [1.54, 1.807) is 0 Å². The summed E-state index contributed by atoms with van der Waals surface area (Å²) in [6, 6.07) is 7.53. The molecule has 0 aliphatic carbocycles. The molecule has 0 aliphatic heterocycles. The van der Waals surface area contributed by atoms with Gasteiger partial charge in [0.15, 0.2) is 0 Å². The largest absolute Gasteiger partial charge is 0.287 e. The monoisotopic (exact) mass is 228 g/mol. The maximum Gasteiger partial charge on any atom is 0.287 e. The molecule has 0 aliphatic rings. The standard InChI is InChI=1S/C9H5ClOS2/c10-7-4-2-1-3-6(7)8-5-12-9(11)13-8/h1-5H. The van der Waals surface area contributed by atoms with Crippen LogP contribution in [0, 0.1) is 0 Å². The van der Waals surface area contributed by atoms with E-state index in [4.69, 9.17) is 11.6 Å². The van der Waals surface area contributed by atoms with Gasteiger partial charge in [-0.3, -0.25) is 4.79 Å². The topological polar surface area (TPSA) is 17.1 Å². The van der Waals surface area contributed by atoms with Gasteiger partial charge >= 0.3 is 0 Å². The minimum atomic E-state index is 0.106. The van der Waals surface area contributed by atoms with E-state index in [0.29, 0.717) is 5.02 Å². The number of benzene rings is 1. The lowest BCUT2D eigenvalue weighted by molar-refractivity contribution is 1.70. The van der Waals surface area contributed by atoms with Crippen LogP contribution in [0.5, 0.6) is 0 Å². The molecule has 1 aromatic carbocycles. The average Bonchev–Trinajstić information content (AvgIpc) is 2.53. The highest BCUT2D eigenvalue weighted by atomic mass is 35.5. The van der Waals surface area contributed by atoms with E-state index in [1.165, 1.54) is 22.7 Å². The van der Waals surface area contributed by atoms with Crippen LogP contribution in [0.2, 0.25) is 5.02 Å². The highest BCUT2D eigenvalue weighted by Crippen LogP contribution is 2.30. The second-order valence-corrected chi connectivity index (χ2v) is 4.95. The lowest BCUT2D eigenvalue weighted by Crippen LogP contribution is -1.76. The Kier molecular flexibility index (Phi) is 2.49. The average molecular weight is 229 g/mol. The zero-order chi connectivity index (χ0) is 9.26. The van der Waals surface area contributed by atoms with E-state index in [0.717, 1.165) is 10.4 Å². The lowest BCUT2D eigenvalue weighted by atomic mass is 10.2. The molecular formula is C9H5ClOS2. The van der Waals surface area contributed by atoms with E-state index < -0.39 is 0 Å². The first-order chi connectivity index (χ1) is 6.27. The van der Waals surface area contributed by atoms with Crippen molar-refractivity contribution in [1.82, 2.24) is 0 Å². The fourth-order valence-electron chi connectivity index (χ4n) is 1.02. The molecule has 0 fully saturated rings. The summed E-state index contributed by atoms with van der Waals surface area (Å²) in [5.74, 6) is 0. The molecule has 0 saturated carbocycles. The molecule has 0 unspecified atom stereocenters. The fraction of sp³-hybridized carbons (Fsp3) is 0. The number of hydrogen-bond acceptors (Lipinski definition) is 3. The highest BCUT2D eigenvalue weighted by Gasteiger charge is 2.04. The summed E-state index contributed by atoms with van der Waals surface area (Å²) in [4.78, 5) is 11.9. The summed E-state index contributed by atoms with van der Waals surface area (Å²) < 4.78 is 0.106. The van der Waals surface area contributed by atoms with Gasteiger partial charge in [0, 0.05) is 16.0 Å². The van der Waals surface area contributed by atoms with Crippen molar-refractivity contribution in [3.63, 3.8) is 0 Å². The summed E-state index contributed by atoms with van der Waals surface area (Å²) in [5, 5.41) is 2.53. The number of halogens is 1. The first kappa shape index (κ1) is 8.94. The summed E-state index contributed by atoms with van der Waals surface area (Å²) in [6.45, 7) is 0. The molecule has 0 radical (unpaired) electrons. The van der Waals surface area contributed by atoms with Crippen molar-refractivity contribution in [2.75, 3.05) is 0 Å². The SMILES string of the molecule is O=c1scc(-c2ccccc2Cl)s1. The summed E-state index contributed by atoms with van der Waals surface area (Å²) >= 11 is 8.42. The minimum absolute atomic E-state index is 0.106. The van der Waals surface area contributed by atoms with Gasteiger partial charge in [-0.1, -0.05) is 52.5 Å². The van der Waals surface area contributed by atoms with Crippen LogP contribution >= 0.6 is 34.3 Å². The smallest absolute Gasteiger partial charge is 0.265 e. The van der Waals surface area contributed by atoms with Crippen molar-refractivity contribution in [1.29, 1.82) is 0 Å². The van der Waals surface area contributed by atoms with Crippen LogP contribution in [0.1, 0.15) is 0 Å². The first-order valence-corrected chi connectivity index (χ1v) is 5.68. The van der Waals surface area contributed by atoms with Crippen LogP contribution in [0.4, 0.5) is 0 Å². The third-order valence-corrected chi connectivity index (χ3v) is 3.88. The van der Waals surface area contributed by atoms with Crippen molar-refractivity contribution in [3.05, 3.63) is 43.5 Å². The molecule has 2 aromatic rings. The van der Waals surface area contributed by atoms with E-state index in [-0.39, 0.29) is 4.06 Å². The summed E-state index contributed by atoms with van der Waals surface area (Å²) in [5.41, 5.74) is 0.938. The van der Waals surface area contributed by atoms with Gasteiger partial charge in [-0.2, -0.15) is 0 Å². The molecule has 4 heteroatoms. The fourth-order valence-corrected chi connectivity index (χ4v) is 3.05. The number of hydrogen-bond donors (Lipinski definition) is 0. The van der Waals surface area contributed by atoms with Crippen LogP contribution in [-0.2, 0) is 0 Å². The van der Waals surface area contributed by atoms with E-state index in [2.05, 4.69) is 0 Å². The lowest BCUT2D eigenvalue weighted by Gasteiger charge is -1.97. The Balaban J connectivity index is 2.58. The molecule has 13 heavy (non-hydrogen) atoms. The van der Waals surface area contributed by atoms with E-state index >= 15 is 0 Å². The molecule has 1 aromatic heterocycles. The third kappa shape index (κ3) is 1.82. The first-order valence-electron chi connectivity index (χ1n) is 3.61. The van der Waals surface area contributed by atoms with Crippen LogP contribution in [0.3, 0.4) is 0 Å². The molecule has 66 valence electrons. The second-order valence-electron chi connectivity index (χ2n) is 2.43. The zero-order valence-electron chi connectivity index (χ0n) is 6.49. The Morgan fingerprint density at radius 1 is 1.23 bits per heavy atom. The van der Waals surface area contributed by atoms with Gasteiger partial charge in [-0.05, 0) is 6.07 Å². The normalized spacial score (nSPS) is 10.2. The molecule has 0 atom stereocenters. The van der Waals surface area contributed by atoms with Crippen molar-refractivity contribution in [3.8, 4) is 10.4 Å². The Bertz CT molecular complexity index is 472. The molecule has 0 spiro atoms. The number of rotatable bonds is 1. The van der Waals surface area contributed by atoms with E-state index in [1.807, 2.05) is 29.6 Å². The molecule has 1 nitrogen and oxygen atoms in total. The van der Waals surface area contributed by atoms with Crippen LogP contribution in [0.25, 0.3) is 10.4 Å². The Morgan fingerprint density at radius 3 is 2.62 bits per heavy atom. The van der Waals surface area contributed by atoms with Gasteiger partial charge in [0.05, 0.1) is 4.88 Å². The Hall–Kier alpha value is -0.640. The predicted octanol–water partition coefficient (Wildman–Crippen LogP) is 3.49. The van der Waals surface area contributed by atoms with E-state index in [9.17, 15) is 4.79 Å². The van der Waals surface area contributed by atoms with Crippen LogP contribution in [-0.4, -0.2) is 0 Å². The van der Waals surface area contributed by atoms with Gasteiger partial charge in [-0.25, -0.2) is 0 Å². The second kappa shape index (κ2) is 3.62. The molecule has 0 bridgehead atoms. The summed E-state index contributed by atoms with van der Waals surface area (Å²) in [7, 11) is 0. The van der Waals surface area contributed by atoms with Crippen molar-refractivity contribution in [2.45, 2.75) is 0 Å². The van der Waals surface area contributed by atoms with Crippen molar-refractivity contribution in [2.24, 2.45) is 0 Å². The zero-order valence-corrected chi connectivity index (χ0v) is 8.88. The molecule has 2 rings (SSSR count). The van der Waals surface area contributed by atoms with Crippen LogP contribution < -0.4 is 4.06 Å². The summed E-state index contributed by atoms with van der Waals surface area (Å²) in [6.07, 6.45) is 0. The Morgan fingerprint density at radius 2 is 2.00 bits per heavy atom. The maximum absolute atomic E-state index is 11.0. The van der Waals surface area contributed by atoms with Gasteiger partial charge in [0.1, 0.15) is 0 Å². The third-order valence-electron chi connectivity index (χ3n) is 1.59. The van der Waals surface area contributed by atoms with Crippen LogP contribution in [0.15, 0.2) is 34.4 Å². The Labute approximate surface area is 88.2 Å². The predicted molar refractivity (Wildman–Crippen MR) is 58.9 cm³/mol. The molecule has 0 saturated heterocycles. The maximum atomic E-state index is 11.0. The molecule has 0 N–H and O–H groups in total. The van der Waals surface area contributed by atoms with Gasteiger partial charge < -0.3 is 0 Å². The highest BCUT2D eigenvalue weighted by molar-refractivity contribution is 7.28. The van der Waals surface area contributed by atoms with Gasteiger partial charge in [-0.15, -0.1) is 0 Å². The van der Waals surface area contributed by atoms with Crippen molar-refractivity contribution >= 4 is 34.3 Å². The molecule has 1 heterocycles. The van der Waals surface area contributed by atoms with Gasteiger partial charge in [0.25, 0.3) is 4.06 Å². The van der Waals surface area contributed by atoms with Gasteiger partial charge in [0.2, 0.25) is 0 Å². The minimum Gasteiger partial charge on any atom is -0.265 e. The van der Waals surface area contributed by atoms with Crippen molar-refractivity contribution < 1.29 is 0 Å². The molecule has 0 amide bonds.